The minimum Gasteiger partial charge on any atom is -0.469 e. The van der Waals surface area contributed by atoms with Crippen LogP contribution in [0.25, 0.3) is 0 Å². The fourth-order valence-corrected chi connectivity index (χ4v) is 2.74. The second kappa shape index (κ2) is 9.08. The molecule has 0 aliphatic carbocycles. The third-order valence-electron chi connectivity index (χ3n) is 3.83. The molecule has 2 amide bonds. The number of hydrogen-bond acceptors (Lipinski definition) is 3. The van der Waals surface area contributed by atoms with E-state index in [1.54, 1.807) is 24.3 Å². The van der Waals surface area contributed by atoms with Gasteiger partial charge in [0.2, 0.25) is 0 Å². The van der Waals surface area contributed by atoms with Crippen LogP contribution in [-0.2, 0) is 9.53 Å². The van der Waals surface area contributed by atoms with Gasteiger partial charge in [0, 0.05) is 5.02 Å². The molecule has 6 heteroatoms. The number of nitrogens with one attached hydrogen (secondary N) is 2. The Morgan fingerprint density at radius 3 is 2.32 bits per heavy atom. The number of amides is 2. The lowest BCUT2D eigenvalue weighted by Gasteiger charge is -2.21. The molecule has 5 nitrogen and oxygen atoms in total. The van der Waals surface area contributed by atoms with E-state index in [4.69, 9.17) is 16.3 Å². The summed E-state index contributed by atoms with van der Waals surface area (Å²) in [6.07, 6.45) is -0.00658. The van der Waals surface area contributed by atoms with Gasteiger partial charge in [-0.2, -0.15) is 0 Å². The van der Waals surface area contributed by atoms with Crippen molar-refractivity contribution in [3.8, 4) is 0 Å². The molecule has 0 fully saturated rings. The van der Waals surface area contributed by atoms with Gasteiger partial charge in [-0.1, -0.05) is 60.1 Å². The first kappa shape index (κ1) is 18.8. The fourth-order valence-electron chi connectivity index (χ4n) is 2.47. The molecule has 0 saturated carbocycles. The van der Waals surface area contributed by atoms with Crippen molar-refractivity contribution in [2.24, 2.45) is 0 Å². The zero-order chi connectivity index (χ0) is 18.2. The highest BCUT2D eigenvalue weighted by atomic mass is 35.5. The molecular formula is C19H21ClN2O3. The molecule has 0 bridgehead atoms. The highest BCUT2D eigenvalue weighted by Crippen LogP contribution is 2.25. The Hall–Kier alpha value is -2.53. The van der Waals surface area contributed by atoms with Gasteiger partial charge < -0.3 is 15.4 Å². The molecule has 132 valence electrons. The summed E-state index contributed by atoms with van der Waals surface area (Å²) in [5.41, 5.74) is 1.65. The van der Waals surface area contributed by atoms with Gasteiger partial charge in [0.15, 0.2) is 0 Å². The molecular weight excluding hydrogens is 340 g/mol. The van der Waals surface area contributed by atoms with Gasteiger partial charge >= 0.3 is 12.0 Å². The Labute approximate surface area is 152 Å². The van der Waals surface area contributed by atoms with Crippen LogP contribution in [0.1, 0.15) is 36.6 Å². The van der Waals surface area contributed by atoms with E-state index in [9.17, 15) is 9.59 Å². The second-order valence-corrected chi connectivity index (χ2v) is 6.01. The van der Waals surface area contributed by atoms with Crippen LogP contribution in [0, 0.1) is 0 Å². The van der Waals surface area contributed by atoms with E-state index in [0.717, 1.165) is 5.56 Å². The molecule has 0 heterocycles. The Kier molecular flexibility index (Phi) is 6.83. The third-order valence-corrected chi connectivity index (χ3v) is 4.18. The lowest BCUT2D eigenvalue weighted by Crippen LogP contribution is -2.40. The number of carbonyl (C=O) groups is 2. The van der Waals surface area contributed by atoms with Crippen LogP contribution in [-0.4, -0.2) is 19.1 Å². The summed E-state index contributed by atoms with van der Waals surface area (Å²) in [7, 11) is 1.31. The van der Waals surface area contributed by atoms with E-state index in [0.29, 0.717) is 10.6 Å². The molecule has 2 aromatic rings. The molecule has 0 unspecified atom stereocenters. The lowest BCUT2D eigenvalue weighted by molar-refractivity contribution is -0.141. The summed E-state index contributed by atoms with van der Waals surface area (Å²) in [5, 5.41) is 6.15. The maximum atomic E-state index is 12.4. The summed E-state index contributed by atoms with van der Waals surface area (Å²) >= 11 is 6.21. The van der Waals surface area contributed by atoms with Gasteiger partial charge in [-0.15, -0.1) is 0 Å². The van der Waals surface area contributed by atoms with E-state index in [2.05, 4.69) is 10.6 Å². The average Bonchev–Trinajstić information content (AvgIpc) is 2.62. The van der Waals surface area contributed by atoms with Crippen molar-refractivity contribution < 1.29 is 14.3 Å². The normalized spacial score (nSPS) is 12.8. The number of benzene rings is 2. The molecule has 0 radical (unpaired) electrons. The number of carbonyl (C=O) groups excluding carboxylic acids is 2. The standard InChI is InChI=1S/C19H21ClN2O3/c1-13(14-8-4-3-5-9-14)21-19(24)22-17(12-18(23)25-2)15-10-6-7-11-16(15)20/h3-11,13,17H,12H2,1-2H3,(H2,21,22,24)/t13-,17-/m1/s1. The van der Waals surface area contributed by atoms with Crippen molar-refractivity contribution in [1.82, 2.24) is 10.6 Å². The van der Waals surface area contributed by atoms with Crippen LogP contribution >= 0.6 is 11.6 Å². The zero-order valence-electron chi connectivity index (χ0n) is 14.2. The first-order valence-corrected chi connectivity index (χ1v) is 8.32. The van der Waals surface area contributed by atoms with Gasteiger partial charge in [-0.3, -0.25) is 4.79 Å². The van der Waals surface area contributed by atoms with E-state index in [1.165, 1.54) is 7.11 Å². The van der Waals surface area contributed by atoms with Crippen LogP contribution in [0.2, 0.25) is 5.02 Å². The summed E-state index contributed by atoms with van der Waals surface area (Å²) in [4.78, 5) is 24.1. The summed E-state index contributed by atoms with van der Waals surface area (Å²) < 4.78 is 4.72. The maximum Gasteiger partial charge on any atom is 0.315 e. The highest BCUT2D eigenvalue weighted by molar-refractivity contribution is 6.31. The molecule has 0 aliphatic rings. The van der Waals surface area contributed by atoms with Crippen molar-refractivity contribution in [3.05, 3.63) is 70.7 Å². The van der Waals surface area contributed by atoms with E-state index in [-0.39, 0.29) is 18.5 Å². The Balaban J connectivity index is 2.09. The van der Waals surface area contributed by atoms with Crippen LogP contribution in [0.4, 0.5) is 4.79 Å². The maximum absolute atomic E-state index is 12.4. The monoisotopic (exact) mass is 360 g/mol. The number of rotatable bonds is 6. The highest BCUT2D eigenvalue weighted by Gasteiger charge is 2.21. The minimum absolute atomic E-state index is 0.00658. The second-order valence-electron chi connectivity index (χ2n) is 5.60. The lowest BCUT2D eigenvalue weighted by atomic mass is 10.0. The van der Waals surface area contributed by atoms with E-state index in [1.807, 2.05) is 37.3 Å². The number of ether oxygens (including phenoxy) is 1. The zero-order valence-corrected chi connectivity index (χ0v) is 14.9. The summed E-state index contributed by atoms with van der Waals surface area (Å²) in [6, 6.07) is 15.6. The summed E-state index contributed by atoms with van der Waals surface area (Å²) in [6.45, 7) is 1.89. The number of esters is 1. The molecule has 2 N–H and O–H groups in total. The van der Waals surface area contributed by atoms with Gasteiger partial charge in [0.1, 0.15) is 0 Å². The third kappa shape index (κ3) is 5.50. The molecule has 0 aromatic heterocycles. The van der Waals surface area contributed by atoms with Crippen LogP contribution in [0.3, 0.4) is 0 Å². The topological polar surface area (TPSA) is 67.4 Å². The molecule has 2 atom stereocenters. The van der Waals surface area contributed by atoms with E-state index < -0.39 is 12.0 Å². The van der Waals surface area contributed by atoms with Gasteiger partial charge in [-0.25, -0.2) is 4.79 Å². The van der Waals surface area contributed by atoms with Crippen molar-refractivity contribution in [1.29, 1.82) is 0 Å². The van der Waals surface area contributed by atoms with Crippen LogP contribution < -0.4 is 10.6 Å². The number of hydrogen-bond donors (Lipinski definition) is 2. The first-order valence-electron chi connectivity index (χ1n) is 7.94. The molecule has 2 aromatic carbocycles. The summed E-state index contributed by atoms with van der Waals surface area (Å²) in [5.74, 6) is -0.429. The predicted octanol–water partition coefficient (Wildman–Crippen LogP) is 4.00. The number of urea groups is 1. The Bertz CT molecular complexity index is 722. The van der Waals surface area contributed by atoms with E-state index >= 15 is 0 Å². The smallest absolute Gasteiger partial charge is 0.315 e. The molecule has 25 heavy (non-hydrogen) atoms. The van der Waals surface area contributed by atoms with Crippen LogP contribution in [0.15, 0.2) is 54.6 Å². The fraction of sp³-hybridized carbons (Fsp3) is 0.263. The van der Waals surface area contributed by atoms with Crippen molar-refractivity contribution in [2.45, 2.75) is 25.4 Å². The Morgan fingerprint density at radius 1 is 1.04 bits per heavy atom. The minimum atomic E-state index is -0.580. The van der Waals surface area contributed by atoms with Crippen LogP contribution in [0.5, 0.6) is 0 Å². The number of methoxy groups -OCH3 is 1. The van der Waals surface area contributed by atoms with Crippen molar-refractivity contribution in [3.63, 3.8) is 0 Å². The predicted molar refractivity (Wildman–Crippen MR) is 97.4 cm³/mol. The van der Waals surface area contributed by atoms with Gasteiger partial charge in [0.05, 0.1) is 25.6 Å². The first-order chi connectivity index (χ1) is 12.0. The molecule has 0 spiro atoms. The quantitative estimate of drug-likeness (QED) is 0.765. The number of halogens is 1. The SMILES string of the molecule is COC(=O)C[C@@H](NC(=O)N[C@H](C)c1ccccc1)c1ccccc1Cl. The largest absolute Gasteiger partial charge is 0.469 e. The molecule has 0 aliphatic heterocycles. The van der Waals surface area contributed by atoms with Crippen molar-refractivity contribution >= 4 is 23.6 Å². The van der Waals surface area contributed by atoms with Crippen molar-refractivity contribution in [2.75, 3.05) is 7.11 Å². The average molecular weight is 361 g/mol. The molecule has 2 rings (SSSR count). The Morgan fingerprint density at radius 2 is 1.68 bits per heavy atom. The van der Waals surface area contributed by atoms with Gasteiger partial charge in [0.25, 0.3) is 0 Å². The van der Waals surface area contributed by atoms with Gasteiger partial charge in [-0.05, 0) is 24.1 Å². The molecule has 0 saturated heterocycles.